The van der Waals surface area contributed by atoms with Gasteiger partial charge in [0.05, 0.1) is 0 Å². The molecule has 0 atom stereocenters. The van der Waals surface area contributed by atoms with E-state index in [2.05, 4.69) is 32.4 Å². The zero-order valence-electron chi connectivity index (χ0n) is 9.13. The first-order valence-electron chi connectivity index (χ1n) is 5.02. The summed E-state index contributed by atoms with van der Waals surface area (Å²) in [5.74, 6) is 0. The molecule has 1 aliphatic heterocycles. The predicted molar refractivity (Wildman–Crippen MR) is 58.6 cm³/mol. The lowest BCUT2D eigenvalue weighted by Gasteiger charge is -2.26. The number of nitrogens with zero attached hydrogens (tertiary/aromatic N) is 1. The van der Waals surface area contributed by atoms with Crippen LogP contribution in [0, 0.1) is 0 Å². The summed E-state index contributed by atoms with van der Waals surface area (Å²) in [5.41, 5.74) is 2.69. The smallest absolute Gasteiger partial charge is 0.158 e. The SMILES string of the molecule is CCN(CC)P1(=O)CC(C)=C(C)C1. The number of rotatable bonds is 3. The summed E-state index contributed by atoms with van der Waals surface area (Å²) < 4.78 is 14.6. The Bertz CT molecular complexity index is 248. The van der Waals surface area contributed by atoms with E-state index in [1.165, 1.54) is 11.1 Å². The highest BCUT2D eigenvalue weighted by atomic mass is 31.2. The molecule has 1 heterocycles. The van der Waals surface area contributed by atoms with Crippen molar-refractivity contribution < 1.29 is 4.57 Å². The van der Waals surface area contributed by atoms with E-state index in [4.69, 9.17) is 0 Å². The molecule has 0 aliphatic carbocycles. The lowest BCUT2D eigenvalue weighted by molar-refractivity contribution is 0.447. The van der Waals surface area contributed by atoms with Crippen molar-refractivity contribution in [2.24, 2.45) is 0 Å². The van der Waals surface area contributed by atoms with E-state index in [-0.39, 0.29) is 0 Å². The summed E-state index contributed by atoms with van der Waals surface area (Å²) in [4.78, 5) is 0. The maximum atomic E-state index is 12.5. The zero-order valence-corrected chi connectivity index (χ0v) is 10.0. The maximum Gasteiger partial charge on any atom is 0.158 e. The Morgan fingerprint density at radius 2 is 1.54 bits per heavy atom. The van der Waals surface area contributed by atoms with Gasteiger partial charge >= 0.3 is 0 Å². The minimum atomic E-state index is -2.03. The van der Waals surface area contributed by atoms with Gasteiger partial charge in [0.2, 0.25) is 0 Å². The van der Waals surface area contributed by atoms with Crippen LogP contribution in [0.4, 0.5) is 0 Å². The molecule has 0 radical (unpaired) electrons. The molecule has 1 aliphatic rings. The van der Waals surface area contributed by atoms with Crippen LogP contribution in [0.15, 0.2) is 11.1 Å². The van der Waals surface area contributed by atoms with Crippen molar-refractivity contribution in [2.45, 2.75) is 27.7 Å². The van der Waals surface area contributed by atoms with Gasteiger partial charge in [-0.1, -0.05) is 25.0 Å². The van der Waals surface area contributed by atoms with Crippen LogP contribution in [0.1, 0.15) is 27.7 Å². The molecule has 2 nitrogen and oxygen atoms in total. The maximum absolute atomic E-state index is 12.5. The topological polar surface area (TPSA) is 20.3 Å². The zero-order chi connectivity index (χ0) is 10.1. The monoisotopic (exact) mass is 201 g/mol. The summed E-state index contributed by atoms with van der Waals surface area (Å²) in [6, 6.07) is 0. The van der Waals surface area contributed by atoms with E-state index in [1.807, 2.05) is 0 Å². The van der Waals surface area contributed by atoms with Gasteiger partial charge in [-0.15, -0.1) is 0 Å². The first kappa shape index (κ1) is 11.0. The Morgan fingerprint density at radius 1 is 1.15 bits per heavy atom. The second-order valence-electron chi connectivity index (χ2n) is 3.86. The molecule has 76 valence electrons. The molecular weight excluding hydrogens is 181 g/mol. The molecular formula is C10H20NOP. The molecule has 0 amide bonds. The van der Waals surface area contributed by atoms with Gasteiger partial charge in [-0.3, -0.25) is 4.67 Å². The molecule has 0 saturated heterocycles. The van der Waals surface area contributed by atoms with Crippen LogP contribution in [-0.2, 0) is 4.57 Å². The van der Waals surface area contributed by atoms with Gasteiger partial charge in [0.15, 0.2) is 7.29 Å². The quantitative estimate of drug-likeness (QED) is 0.517. The molecule has 0 saturated carbocycles. The van der Waals surface area contributed by atoms with Crippen molar-refractivity contribution in [2.75, 3.05) is 25.4 Å². The molecule has 0 aromatic carbocycles. The Kier molecular flexibility index (Phi) is 3.37. The van der Waals surface area contributed by atoms with Crippen LogP contribution >= 0.6 is 7.29 Å². The first-order valence-corrected chi connectivity index (χ1v) is 7.05. The summed E-state index contributed by atoms with van der Waals surface area (Å²) >= 11 is 0. The minimum Gasteiger partial charge on any atom is -0.306 e. The van der Waals surface area contributed by atoms with Gasteiger partial charge in [0.25, 0.3) is 0 Å². The highest BCUT2D eigenvalue weighted by molar-refractivity contribution is 7.62. The van der Waals surface area contributed by atoms with E-state index >= 15 is 0 Å². The molecule has 0 aromatic rings. The van der Waals surface area contributed by atoms with Crippen LogP contribution in [0.25, 0.3) is 0 Å². The van der Waals surface area contributed by atoms with Crippen LogP contribution in [0.3, 0.4) is 0 Å². The standard InChI is InChI=1S/C10H20NOP/c1-5-11(6-2)13(12)7-9(3)10(4)8-13/h5-8H2,1-4H3. The third kappa shape index (κ3) is 2.05. The molecule has 13 heavy (non-hydrogen) atoms. The third-order valence-electron chi connectivity index (χ3n) is 2.94. The van der Waals surface area contributed by atoms with Gasteiger partial charge in [-0.2, -0.15) is 0 Å². The number of hydrogen-bond acceptors (Lipinski definition) is 1. The largest absolute Gasteiger partial charge is 0.306 e. The fourth-order valence-corrected chi connectivity index (χ4v) is 5.57. The Hall–Kier alpha value is -0.0700. The van der Waals surface area contributed by atoms with Crippen LogP contribution in [0.5, 0.6) is 0 Å². The van der Waals surface area contributed by atoms with Crippen LogP contribution in [-0.4, -0.2) is 30.1 Å². The van der Waals surface area contributed by atoms with E-state index in [1.54, 1.807) is 0 Å². The molecule has 0 spiro atoms. The predicted octanol–water partition coefficient (Wildman–Crippen LogP) is 2.96. The Labute approximate surface area is 81.4 Å². The molecule has 0 N–H and O–H groups in total. The fourth-order valence-electron chi connectivity index (χ4n) is 2.01. The Balaban J connectivity index is 2.78. The van der Waals surface area contributed by atoms with Gasteiger partial charge in [0, 0.05) is 25.4 Å². The molecule has 0 unspecified atom stereocenters. The van der Waals surface area contributed by atoms with Gasteiger partial charge in [-0.25, -0.2) is 0 Å². The van der Waals surface area contributed by atoms with Gasteiger partial charge in [-0.05, 0) is 13.8 Å². The van der Waals surface area contributed by atoms with Crippen molar-refractivity contribution in [3.05, 3.63) is 11.1 Å². The lowest BCUT2D eigenvalue weighted by Crippen LogP contribution is -2.21. The average molecular weight is 201 g/mol. The molecule has 0 aromatic heterocycles. The van der Waals surface area contributed by atoms with Crippen molar-refractivity contribution in [3.63, 3.8) is 0 Å². The van der Waals surface area contributed by atoms with Crippen molar-refractivity contribution in [3.8, 4) is 0 Å². The van der Waals surface area contributed by atoms with E-state index in [0.717, 1.165) is 25.4 Å². The van der Waals surface area contributed by atoms with Crippen LogP contribution < -0.4 is 0 Å². The summed E-state index contributed by atoms with van der Waals surface area (Å²) in [7, 11) is -2.03. The molecule has 3 heteroatoms. The van der Waals surface area contributed by atoms with Crippen molar-refractivity contribution >= 4 is 7.29 Å². The van der Waals surface area contributed by atoms with E-state index in [0.29, 0.717) is 0 Å². The summed E-state index contributed by atoms with van der Waals surface area (Å²) in [6.07, 6.45) is 1.64. The Morgan fingerprint density at radius 3 is 1.85 bits per heavy atom. The van der Waals surface area contributed by atoms with E-state index < -0.39 is 7.29 Å². The normalized spacial score (nSPS) is 21.6. The third-order valence-corrected chi connectivity index (χ3v) is 6.48. The number of allylic oxidation sites excluding steroid dienone is 2. The highest BCUT2D eigenvalue weighted by Gasteiger charge is 2.34. The average Bonchev–Trinajstić information content (AvgIpc) is 2.29. The molecule has 1 rings (SSSR count). The molecule has 0 bridgehead atoms. The van der Waals surface area contributed by atoms with Crippen molar-refractivity contribution in [1.82, 2.24) is 4.67 Å². The van der Waals surface area contributed by atoms with Gasteiger partial charge in [0.1, 0.15) is 0 Å². The summed E-state index contributed by atoms with van der Waals surface area (Å²) in [6.45, 7) is 10.2. The van der Waals surface area contributed by atoms with Crippen LogP contribution in [0.2, 0.25) is 0 Å². The number of hydrogen-bond donors (Lipinski definition) is 0. The minimum absolute atomic E-state index is 0.820. The first-order chi connectivity index (χ1) is 6.03. The van der Waals surface area contributed by atoms with Crippen molar-refractivity contribution in [1.29, 1.82) is 0 Å². The summed E-state index contributed by atoms with van der Waals surface area (Å²) in [5, 5.41) is 0. The van der Waals surface area contributed by atoms with Gasteiger partial charge < -0.3 is 4.57 Å². The second kappa shape index (κ2) is 3.98. The second-order valence-corrected chi connectivity index (χ2v) is 6.75. The fraction of sp³-hybridized carbons (Fsp3) is 0.800. The lowest BCUT2D eigenvalue weighted by atomic mass is 10.2. The van der Waals surface area contributed by atoms with E-state index in [9.17, 15) is 4.57 Å². The molecule has 0 fully saturated rings. The highest BCUT2D eigenvalue weighted by Crippen LogP contribution is 2.56.